The summed E-state index contributed by atoms with van der Waals surface area (Å²) in [6, 6.07) is 6.59. The van der Waals surface area contributed by atoms with E-state index in [0.717, 1.165) is 26.9 Å². The normalized spacial score (nSPS) is 12.6. The van der Waals surface area contributed by atoms with E-state index < -0.39 is 0 Å². The van der Waals surface area contributed by atoms with Gasteiger partial charge in [-0.2, -0.15) is 0 Å². The first kappa shape index (κ1) is 15.2. The Balaban J connectivity index is 1.95. The van der Waals surface area contributed by atoms with Gasteiger partial charge in [-0.3, -0.25) is 0 Å². The van der Waals surface area contributed by atoms with Gasteiger partial charge in [-0.05, 0) is 62.9 Å². The van der Waals surface area contributed by atoms with Gasteiger partial charge in [0.15, 0.2) is 0 Å². The van der Waals surface area contributed by atoms with E-state index in [2.05, 4.69) is 74.2 Å². The molecule has 1 unspecified atom stereocenters. The predicted molar refractivity (Wildman–Crippen MR) is 88.6 cm³/mol. The van der Waals surface area contributed by atoms with Crippen LogP contribution in [0, 0.1) is 0 Å². The van der Waals surface area contributed by atoms with Crippen LogP contribution >= 0.6 is 43.2 Å². The van der Waals surface area contributed by atoms with Crippen LogP contribution in [-0.4, -0.2) is 4.98 Å². The van der Waals surface area contributed by atoms with Crippen LogP contribution in [0.1, 0.15) is 35.3 Å². The van der Waals surface area contributed by atoms with Crippen molar-refractivity contribution in [2.24, 2.45) is 0 Å². The van der Waals surface area contributed by atoms with Crippen LogP contribution in [0.4, 0.5) is 0 Å². The third-order valence-corrected chi connectivity index (χ3v) is 6.09. The van der Waals surface area contributed by atoms with E-state index in [9.17, 15) is 0 Å². The van der Waals surface area contributed by atoms with Gasteiger partial charge in [0.2, 0.25) is 0 Å². The highest BCUT2D eigenvalue weighted by molar-refractivity contribution is 9.13. The molecular weight excluding hydrogens is 388 g/mol. The number of halogens is 2. The molecule has 0 radical (unpaired) electrons. The Morgan fingerprint density at radius 3 is 2.74 bits per heavy atom. The fourth-order valence-electron chi connectivity index (χ4n) is 1.69. The van der Waals surface area contributed by atoms with Crippen molar-refractivity contribution in [3.8, 4) is 0 Å². The second-order valence-electron chi connectivity index (χ2n) is 4.37. The molecule has 0 aliphatic rings. The van der Waals surface area contributed by atoms with E-state index in [1.54, 1.807) is 11.3 Å². The van der Waals surface area contributed by atoms with Gasteiger partial charge in [-0.25, -0.2) is 4.98 Å². The first-order valence-electron chi connectivity index (χ1n) is 6.22. The minimum atomic E-state index is 0.285. The van der Waals surface area contributed by atoms with Gasteiger partial charge < -0.3 is 5.32 Å². The SMILES string of the molecule is CCc1cnc(C(C)NCc2ccc(Br)c(Br)c2)s1. The van der Waals surface area contributed by atoms with E-state index in [1.807, 2.05) is 6.20 Å². The van der Waals surface area contributed by atoms with Crippen molar-refractivity contribution in [1.29, 1.82) is 0 Å². The Morgan fingerprint density at radius 2 is 2.11 bits per heavy atom. The zero-order valence-corrected chi connectivity index (χ0v) is 14.9. The highest BCUT2D eigenvalue weighted by Gasteiger charge is 2.09. The Labute approximate surface area is 134 Å². The molecule has 2 rings (SSSR count). The average Bonchev–Trinajstić information content (AvgIpc) is 2.88. The third-order valence-electron chi connectivity index (χ3n) is 2.89. The number of nitrogens with zero attached hydrogens (tertiary/aromatic N) is 1. The molecule has 19 heavy (non-hydrogen) atoms. The summed E-state index contributed by atoms with van der Waals surface area (Å²) in [7, 11) is 0. The maximum atomic E-state index is 4.47. The molecule has 2 aromatic rings. The second-order valence-corrected chi connectivity index (χ2v) is 7.22. The van der Waals surface area contributed by atoms with Crippen molar-refractivity contribution in [1.82, 2.24) is 10.3 Å². The second kappa shape index (κ2) is 6.97. The molecule has 5 heteroatoms. The molecule has 102 valence electrons. The fourth-order valence-corrected chi connectivity index (χ4v) is 3.25. The fraction of sp³-hybridized carbons (Fsp3) is 0.357. The maximum Gasteiger partial charge on any atom is 0.109 e. The average molecular weight is 404 g/mol. The first-order chi connectivity index (χ1) is 9.10. The molecule has 0 amide bonds. The van der Waals surface area contributed by atoms with Crippen LogP contribution in [0.25, 0.3) is 0 Å². The monoisotopic (exact) mass is 402 g/mol. The van der Waals surface area contributed by atoms with Crippen LogP contribution < -0.4 is 5.32 Å². The number of hydrogen-bond acceptors (Lipinski definition) is 3. The molecule has 1 atom stereocenters. The third kappa shape index (κ3) is 4.12. The predicted octanol–water partition coefficient (Wildman–Crippen LogP) is 5.08. The van der Waals surface area contributed by atoms with Gasteiger partial charge in [-0.1, -0.05) is 13.0 Å². The summed E-state index contributed by atoms with van der Waals surface area (Å²) < 4.78 is 2.17. The van der Waals surface area contributed by atoms with Crippen LogP contribution in [-0.2, 0) is 13.0 Å². The van der Waals surface area contributed by atoms with Crippen molar-refractivity contribution in [3.05, 3.63) is 48.8 Å². The minimum absolute atomic E-state index is 0.285. The van der Waals surface area contributed by atoms with Crippen LogP contribution in [0.2, 0.25) is 0 Å². The van der Waals surface area contributed by atoms with E-state index in [1.165, 1.54) is 10.4 Å². The highest BCUT2D eigenvalue weighted by atomic mass is 79.9. The summed E-state index contributed by atoms with van der Waals surface area (Å²) >= 11 is 8.80. The first-order valence-corrected chi connectivity index (χ1v) is 8.62. The van der Waals surface area contributed by atoms with Crippen molar-refractivity contribution in [3.63, 3.8) is 0 Å². The number of thiazole rings is 1. The summed E-state index contributed by atoms with van der Waals surface area (Å²) in [5.74, 6) is 0. The lowest BCUT2D eigenvalue weighted by Gasteiger charge is -2.11. The summed E-state index contributed by atoms with van der Waals surface area (Å²) in [6.07, 6.45) is 3.04. The standard InChI is InChI=1S/C14H16Br2N2S/c1-3-11-8-18-14(19-11)9(2)17-7-10-4-5-12(15)13(16)6-10/h4-6,8-9,17H,3,7H2,1-2H3. The molecule has 0 fully saturated rings. The molecule has 1 heterocycles. The topological polar surface area (TPSA) is 24.9 Å². The lowest BCUT2D eigenvalue weighted by atomic mass is 10.2. The van der Waals surface area contributed by atoms with E-state index in [0.29, 0.717) is 0 Å². The number of nitrogens with one attached hydrogen (secondary N) is 1. The molecule has 0 bridgehead atoms. The molecule has 1 N–H and O–H groups in total. The molecular formula is C14H16Br2N2S. The zero-order valence-electron chi connectivity index (χ0n) is 10.9. The van der Waals surface area contributed by atoms with Gasteiger partial charge in [0.05, 0.1) is 6.04 Å². The summed E-state index contributed by atoms with van der Waals surface area (Å²) in [6.45, 7) is 5.16. The molecule has 1 aromatic carbocycles. The van der Waals surface area contributed by atoms with Gasteiger partial charge >= 0.3 is 0 Å². The largest absolute Gasteiger partial charge is 0.304 e. The number of hydrogen-bond donors (Lipinski definition) is 1. The minimum Gasteiger partial charge on any atom is -0.304 e. The van der Waals surface area contributed by atoms with E-state index in [4.69, 9.17) is 0 Å². The number of benzene rings is 1. The van der Waals surface area contributed by atoms with Gasteiger partial charge in [0.1, 0.15) is 5.01 Å². The van der Waals surface area contributed by atoms with Gasteiger partial charge in [0, 0.05) is 26.6 Å². The quantitative estimate of drug-likeness (QED) is 0.752. The summed E-state index contributed by atoms with van der Waals surface area (Å²) in [5.41, 5.74) is 1.26. The zero-order chi connectivity index (χ0) is 13.8. The van der Waals surface area contributed by atoms with Gasteiger partial charge in [-0.15, -0.1) is 11.3 Å². The summed E-state index contributed by atoms with van der Waals surface area (Å²) in [5, 5.41) is 4.67. The van der Waals surface area contributed by atoms with Crippen LogP contribution in [0.15, 0.2) is 33.3 Å². The van der Waals surface area contributed by atoms with Crippen molar-refractivity contribution in [2.75, 3.05) is 0 Å². The molecule has 0 saturated carbocycles. The van der Waals surface area contributed by atoms with E-state index >= 15 is 0 Å². The molecule has 0 aliphatic heterocycles. The number of aromatic nitrogens is 1. The Hall–Kier alpha value is -0.230. The number of rotatable bonds is 5. The van der Waals surface area contributed by atoms with Crippen LogP contribution in [0.3, 0.4) is 0 Å². The molecule has 2 nitrogen and oxygen atoms in total. The molecule has 1 aromatic heterocycles. The van der Waals surface area contributed by atoms with Crippen molar-refractivity contribution in [2.45, 2.75) is 32.9 Å². The molecule has 0 saturated heterocycles. The maximum absolute atomic E-state index is 4.47. The lowest BCUT2D eigenvalue weighted by molar-refractivity contribution is 0.571. The van der Waals surface area contributed by atoms with Crippen LogP contribution in [0.5, 0.6) is 0 Å². The smallest absolute Gasteiger partial charge is 0.109 e. The Morgan fingerprint density at radius 1 is 1.32 bits per heavy atom. The number of aryl methyl sites for hydroxylation is 1. The van der Waals surface area contributed by atoms with Gasteiger partial charge in [0.25, 0.3) is 0 Å². The van der Waals surface area contributed by atoms with Crippen molar-refractivity contribution < 1.29 is 0 Å². The lowest BCUT2D eigenvalue weighted by Crippen LogP contribution is -2.17. The Bertz CT molecular complexity index is 554. The van der Waals surface area contributed by atoms with Crippen molar-refractivity contribution >= 4 is 43.2 Å². The Kier molecular flexibility index (Phi) is 5.57. The summed E-state index contributed by atoms with van der Waals surface area (Å²) in [4.78, 5) is 5.81. The van der Waals surface area contributed by atoms with E-state index in [-0.39, 0.29) is 6.04 Å². The molecule has 0 aliphatic carbocycles. The highest BCUT2D eigenvalue weighted by Crippen LogP contribution is 2.24. The molecule has 0 spiro atoms.